The number of nitrogens with zero attached hydrogens (tertiary/aromatic N) is 2. The average molecular weight is 251 g/mol. The molecule has 0 fully saturated rings. The number of thiophene rings is 1. The maximum Gasteiger partial charge on any atom is 0.172 e. The molecule has 2 aromatic heterocycles. The van der Waals surface area contributed by atoms with E-state index < -0.39 is 0 Å². The molecule has 0 bridgehead atoms. The first-order valence-corrected chi connectivity index (χ1v) is 6.15. The number of nitrogens with two attached hydrogens (primary N) is 1. The molecule has 0 amide bonds. The second-order valence-corrected chi connectivity index (χ2v) is 5.11. The summed E-state index contributed by atoms with van der Waals surface area (Å²) in [5.74, 6) is 0.0761. The Balaban J connectivity index is 2.34. The van der Waals surface area contributed by atoms with Crippen molar-refractivity contribution >= 4 is 28.9 Å². The molecule has 2 aromatic rings. The lowest BCUT2D eigenvalue weighted by Gasteiger charge is -2.04. The number of amidine groups is 1. The molecule has 6 heteroatoms. The van der Waals surface area contributed by atoms with Crippen LogP contribution in [-0.2, 0) is 0 Å². The molecule has 2 rings (SSSR count). The van der Waals surface area contributed by atoms with Crippen LogP contribution in [0.15, 0.2) is 50.2 Å². The van der Waals surface area contributed by atoms with E-state index in [4.69, 9.17) is 10.9 Å². The van der Waals surface area contributed by atoms with Crippen LogP contribution in [0, 0.1) is 0 Å². The predicted molar refractivity (Wildman–Crippen MR) is 65.2 cm³/mol. The minimum Gasteiger partial charge on any atom is -0.409 e. The van der Waals surface area contributed by atoms with Crippen LogP contribution in [0.1, 0.15) is 5.56 Å². The third-order valence-electron chi connectivity index (χ3n) is 1.85. The average Bonchev–Trinajstić information content (AvgIpc) is 2.82. The van der Waals surface area contributed by atoms with Crippen molar-refractivity contribution in [3.63, 3.8) is 0 Å². The first kappa shape index (κ1) is 11.0. The molecule has 0 radical (unpaired) electrons. The summed E-state index contributed by atoms with van der Waals surface area (Å²) in [6.07, 6.45) is 1.68. The molecule has 0 aliphatic carbocycles. The Morgan fingerprint density at radius 2 is 2.31 bits per heavy atom. The van der Waals surface area contributed by atoms with E-state index in [1.807, 2.05) is 17.5 Å². The summed E-state index contributed by atoms with van der Waals surface area (Å²) < 4.78 is 1.12. The van der Waals surface area contributed by atoms with Crippen molar-refractivity contribution in [2.45, 2.75) is 9.24 Å². The number of hydrogen-bond donors (Lipinski definition) is 2. The lowest BCUT2D eigenvalue weighted by molar-refractivity contribution is 0.318. The summed E-state index contributed by atoms with van der Waals surface area (Å²) in [5, 5.41) is 14.4. The summed E-state index contributed by atoms with van der Waals surface area (Å²) >= 11 is 3.13. The van der Waals surface area contributed by atoms with Gasteiger partial charge in [-0.25, -0.2) is 4.98 Å². The number of rotatable bonds is 3. The van der Waals surface area contributed by atoms with E-state index in [1.54, 1.807) is 29.7 Å². The molecule has 4 nitrogen and oxygen atoms in total. The Kier molecular flexibility index (Phi) is 3.43. The largest absolute Gasteiger partial charge is 0.409 e. The maximum atomic E-state index is 8.67. The quantitative estimate of drug-likeness (QED) is 0.380. The maximum absolute atomic E-state index is 8.67. The van der Waals surface area contributed by atoms with Crippen LogP contribution in [-0.4, -0.2) is 16.0 Å². The molecule has 0 saturated carbocycles. The van der Waals surface area contributed by atoms with Gasteiger partial charge in [-0.05, 0) is 23.6 Å². The van der Waals surface area contributed by atoms with Crippen molar-refractivity contribution < 1.29 is 5.21 Å². The summed E-state index contributed by atoms with van der Waals surface area (Å²) in [5.41, 5.74) is 6.22. The fourth-order valence-corrected chi connectivity index (χ4v) is 2.92. The van der Waals surface area contributed by atoms with E-state index >= 15 is 0 Å². The van der Waals surface area contributed by atoms with Crippen LogP contribution < -0.4 is 5.73 Å². The van der Waals surface area contributed by atoms with Crippen LogP contribution in [0.2, 0.25) is 0 Å². The van der Waals surface area contributed by atoms with Crippen molar-refractivity contribution in [2.75, 3.05) is 0 Å². The van der Waals surface area contributed by atoms with Crippen LogP contribution in [0.25, 0.3) is 0 Å². The Morgan fingerprint density at radius 3 is 3.00 bits per heavy atom. The van der Waals surface area contributed by atoms with E-state index in [2.05, 4.69) is 10.1 Å². The van der Waals surface area contributed by atoms with Gasteiger partial charge in [0.25, 0.3) is 0 Å². The Morgan fingerprint density at radius 1 is 1.44 bits per heavy atom. The predicted octanol–water partition coefficient (Wildman–Crippen LogP) is 2.39. The summed E-state index contributed by atoms with van der Waals surface area (Å²) in [6.45, 7) is 0. The second-order valence-electron chi connectivity index (χ2n) is 2.88. The smallest absolute Gasteiger partial charge is 0.172 e. The van der Waals surface area contributed by atoms with Gasteiger partial charge in [0.15, 0.2) is 5.84 Å². The molecule has 82 valence electrons. The number of oxime groups is 1. The van der Waals surface area contributed by atoms with Crippen molar-refractivity contribution in [1.29, 1.82) is 0 Å². The molecule has 3 N–H and O–H groups in total. The van der Waals surface area contributed by atoms with Gasteiger partial charge >= 0.3 is 0 Å². The normalized spacial score (nSPS) is 11.6. The Labute approximate surface area is 101 Å². The molecule has 0 aromatic carbocycles. The van der Waals surface area contributed by atoms with Crippen LogP contribution in [0.4, 0.5) is 0 Å². The van der Waals surface area contributed by atoms with Gasteiger partial charge in [-0.2, -0.15) is 0 Å². The van der Waals surface area contributed by atoms with E-state index in [0.717, 1.165) is 9.24 Å². The van der Waals surface area contributed by atoms with Gasteiger partial charge in [0, 0.05) is 6.20 Å². The van der Waals surface area contributed by atoms with E-state index in [-0.39, 0.29) is 5.84 Å². The molecular weight excluding hydrogens is 242 g/mol. The number of hydrogen-bond acceptors (Lipinski definition) is 5. The summed E-state index contributed by atoms with van der Waals surface area (Å²) in [6, 6.07) is 7.50. The number of aromatic nitrogens is 1. The monoisotopic (exact) mass is 251 g/mol. The van der Waals surface area contributed by atoms with E-state index in [9.17, 15) is 0 Å². The lowest BCUT2D eigenvalue weighted by atomic mass is 10.3. The SMILES string of the molecule is N/C(=N\O)c1cccnc1Sc1cccs1. The van der Waals surface area contributed by atoms with Crippen molar-refractivity contribution in [3.05, 3.63) is 41.4 Å². The lowest BCUT2D eigenvalue weighted by Crippen LogP contribution is -2.14. The highest BCUT2D eigenvalue weighted by Crippen LogP contribution is 2.31. The van der Waals surface area contributed by atoms with E-state index in [1.165, 1.54) is 11.8 Å². The second kappa shape index (κ2) is 5.00. The van der Waals surface area contributed by atoms with Gasteiger partial charge in [-0.1, -0.05) is 23.0 Å². The highest BCUT2D eigenvalue weighted by molar-refractivity contribution is 8.01. The van der Waals surface area contributed by atoms with Gasteiger partial charge in [-0.3, -0.25) is 0 Å². The highest BCUT2D eigenvalue weighted by atomic mass is 32.2. The molecule has 0 saturated heterocycles. The third kappa shape index (κ3) is 2.34. The fraction of sp³-hybridized carbons (Fsp3) is 0. The molecule has 0 unspecified atom stereocenters. The zero-order valence-electron chi connectivity index (χ0n) is 8.20. The van der Waals surface area contributed by atoms with Gasteiger partial charge < -0.3 is 10.9 Å². The van der Waals surface area contributed by atoms with Gasteiger partial charge in [0.1, 0.15) is 5.03 Å². The fourth-order valence-electron chi connectivity index (χ4n) is 1.14. The first-order chi connectivity index (χ1) is 7.81. The Hall–Kier alpha value is -1.53. The first-order valence-electron chi connectivity index (χ1n) is 4.45. The summed E-state index contributed by atoms with van der Waals surface area (Å²) in [4.78, 5) is 4.22. The molecule has 0 atom stereocenters. The zero-order chi connectivity index (χ0) is 11.4. The minimum atomic E-state index is 0.0761. The van der Waals surface area contributed by atoms with Crippen molar-refractivity contribution in [2.24, 2.45) is 10.9 Å². The zero-order valence-corrected chi connectivity index (χ0v) is 9.83. The van der Waals surface area contributed by atoms with Crippen LogP contribution >= 0.6 is 23.1 Å². The van der Waals surface area contributed by atoms with Crippen LogP contribution in [0.3, 0.4) is 0 Å². The molecular formula is C10H9N3OS2. The topological polar surface area (TPSA) is 71.5 Å². The molecule has 0 spiro atoms. The minimum absolute atomic E-state index is 0.0761. The molecule has 2 heterocycles. The molecule has 16 heavy (non-hydrogen) atoms. The van der Waals surface area contributed by atoms with Gasteiger partial charge in [0.2, 0.25) is 0 Å². The Bertz CT molecular complexity index is 497. The van der Waals surface area contributed by atoms with Gasteiger partial charge in [-0.15, -0.1) is 11.3 Å². The standard InChI is InChI=1S/C10H9N3OS2/c11-9(13-14)7-3-1-5-12-10(7)16-8-4-2-6-15-8/h1-6,14H,(H2,11,13). The molecule has 0 aliphatic rings. The van der Waals surface area contributed by atoms with Crippen LogP contribution in [0.5, 0.6) is 0 Å². The van der Waals surface area contributed by atoms with Crippen molar-refractivity contribution in [1.82, 2.24) is 4.98 Å². The summed E-state index contributed by atoms with van der Waals surface area (Å²) in [7, 11) is 0. The highest BCUT2D eigenvalue weighted by Gasteiger charge is 2.09. The van der Waals surface area contributed by atoms with E-state index in [0.29, 0.717) is 5.56 Å². The van der Waals surface area contributed by atoms with Gasteiger partial charge in [0.05, 0.1) is 9.77 Å². The molecule has 0 aliphatic heterocycles. The number of pyridine rings is 1. The third-order valence-corrected chi connectivity index (χ3v) is 3.90. The van der Waals surface area contributed by atoms with Crippen molar-refractivity contribution in [3.8, 4) is 0 Å².